The number of amides is 1. The predicted molar refractivity (Wildman–Crippen MR) is 109 cm³/mol. The lowest BCUT2D eigenvalue weighted by Gasteiger charge is -2.37. The number of pyridine rings is 1. The molecule has 27 heavy (non-hydrogen) atoms. The number of hydrogen-bond acceptors (Lipinski definition) is 3. The first kappa shape index (κ1) is 19.6. The summed E-state index contributed by atoms with van der Waals surface area (Å²) in [6, 6.07) is 3.87. The number of carbonyl (C=O) groups is 2. The third-order valence-electron chi connectivity index (χ3n) is 5.56. The zero-order valence-electron chi connectivity index (χ0n) is 15.6. The molecular weight excluding hydrogens is 338 g/mol. The minimum Gasteiger partial charge on any atom is -0.367 e. The van der Waals surface area contributed by atoms with Gasteiger partial charge in [-0.3, -0.25) is 14.5 Å². The minimum atomic E-state index is -0.0381. The Morgan fingerprint density at radius 1 is 1.33 bits per heavy atom. The van der Waals surface area contributed by atoms with Crippen LogP contribution in [0.25, 0.3) is 11.1 Å². The summed E-state index contributed by atoms with van der Waals surface area (Å²) >= 11 is 0. The molecule has 2 aliphatic heterocycles. The van der Waals surface area contributed by atoms with Gasteiger partial charge in [0.15, 0.2) is 5.78 Å². The maximum atomic E-state index is 12.7. The smallest absolute Gasteiger partial charge is 0.238 e. The number of hydrogen-bond donors (Lipinski definition) is 2. The number of piperidine rings is 1. The zero-order valence-corrected chi connectivity index (χ0v) is 15.6. The molecule has 0 aromatic heterocycles. The van der Waals surface area contributed by atoms with E-state index in [1.807, 2.05) is 24.5 Å². The number of aromatic amines is 1. The van der Waals surface area contributed by atoms with E-state index >= 15 is 0 Å². The van der Waals surface area contributed by atoms with Gasteiger partial charge in [0.05, 0.1) is 12.2 Å². The molecule has 0 aromatic carbocycles. The highest BCUT2D eigenvalue weighted by Gasteiger charge is 2.34. The van der Waals surface area contributed by atoms with Gasteiger partial charge in [0.2, 0.25) is 5.91 Å². The minimum absolute atomic E-state index is 0. The van der Waals surface area contributed by atoms with Crippen LogP contribution in [0.1, 0.15) is 57.3 Å². The molecule has 2 heterocycles. The normalized spacial score (nSPS) is 19.5. The van der Waals surface area contributed by atoms with Gasteiger partial charge in [-0.25, -0.2) is 0 Å². The summed E-state index contributed by atoms with van der Waals surface area (Å²) in [4.78, 5) is 30.7. The van der Waals surface area contributed by atoms with Crippen LogP contribution < -0.4 is 5.32 Å². The number of rotatable bonds is 5. The molecule has 5 heteroatoms. The van der Waals surface area contributed by atoms with E-state index in [4.69, 9.17) is 0 Å². The molecule has 4 aliphatic rings. The second-order valence-electron chi connectivity index (χ2n) is 8.61. The van der Waals surface area contributed by atoms with Crippen LogP contribution in [0.15, 0.2) is 24.5 Å². The van der Waals surface area contributed by atoms with E-state index in [9.17, 15) is 9.59 Å². The maximum absolute atomic E-state index is 12.7. The number of H-pyrrole nitrogens is 1. The van der Waals surface area contributed by atoms with Crippen molar-refractivity contribution in [3.8, 4) is 11.1 Å². The number of carbonyl (C=O) groups excluding carboxylic acids is 2. The molecule has 1 amide bonds. The first-order chi connectivity index (χ1) is 12.4. The molecular formula is C22H31N3O2. The van der Waals surface area contributed by atoms with Crippen molar-refractivity contribution in [3.05, 3.63) is 30.1 Å². The highest BCUT2D eigenvalue weighted by atomic mass is 16.2. The van der Waals surface area contributed by atoms with Crippen LogP contribution >= 0.6 is 0 Å². The molecule has 0 radical (unpaired) electrons. The maximum Gasteiger partial charge on any atom is 0.238 e. The molecule has 0 atom stereocenters. The van der Waals surface area contributed by atoms with Crippen LogP contribution in [0.3, 0.4) is 0 Å². The average Bonchev–Trinajstić information content (AvgIpc) is 3.37. The second kappa shape index (κ2) is 7.47. The van der Waals surface area contributed by atoms with Gasteiger partial charge in [-0.05, 0) is 55.3 Å². The van der Waals surface area contributed by atoms with Crippen molar-refractivity contribution < 1.29 is 9.59 Å². The van der Waals surface area contributed by atoms with Gasteiger partial charge in [0.25, 0.3) is 0 Å². The molecule has 0 unspecified atom stereocenters. The standard InChI is InChI=1S/C21H27N3O2.CH4/c1-21(2)7-3-9-24(13-21)12-18(25)23-19-16(20(26)14-4-5-14)10-15-6-8-22-11-17(15)19;/h6,8,10-11,14,22H,3-5,7,9,12-13H2,1-2H3,(H,23,25);1H4. The molecule has 0 aromatic rings. The van der Waals surface area contributed by atoms with Gasteiger partial charge in [-0.2, -0.15) is 0 Å². The van der Waals surface area contributed by atoms with Gasteiger partial charge >= 0.3 is 0 Å². The SMILES string of the molecule is C.CC1(C)CCCN(CC(=O)Nc2c(C(=O)C3CC3)cc3cc[nH]cc2-3)C1. The lowest BCUT2D eigenvalue weighted by molar-refractivity contribution is -0.118. The van der Waals surface area contributed by atoms with E-state index in [-0.39, 0.29) is 30.4 Å². The van der Waals surface area contributed by atoms with Gasteiger partial charge in [0.1, 0.15) is 0 Å². The Balaban J connectivity index is 0.00000210. The van der Waals surface area contributed by atoms with Crippen molar-refractivity contribution >= 4 is 17.4 Å². The number of aromatic nitrogens is 1. The summed E-state index contributed by atoms with van der Waals surface area (Å²) in [5, 5.41) is 3.05. The Hall–Kier alpha value is -2.14. The summed E-state index contributed by atoms with van der Waals surface area (Å²) in [6.07, 6.45) is 7.95. The highest BCUT2D eigenvalue weighted by molar-refractivity contribution is 6.12. The van der Waals surface area contributed by atoms with Crippen LogP contribution in [0.2, 0.25) is 0 Å². The van der Waals surface area contributed by atoms with Gasteiger partial charge in [0, 0.05) is 36.0 Å². The third kappa shape index (κ3) is 4.24. The summed E-state index contributed by atoms with van der Waals surface area (Å²) in [5.41, 5.74) is 3.49. The molecule has 146 valence electrons. The fourth-order valence-corrected chi connectivity index (χ4v) is 4.11. The Morgan fingerprint density at radius 2 is 2.11 bits per heavy atom. The molecule has 4 rings (SSSR count). The number of ketones is 1. The van der Waals surface area contributed by atoms with Crippen molar-refractivity contribution in [2.45, 2.75) is 47.0 Å². The fraction of sp³-hybridized carbons (Fsp3) is 0.545. The Kier molecular flexibility index (Phi) is 5.43. The molecule has 2 N–H and O–H groups in total. The molecule has 2 aliphatic carbocycles. The average molecular weight is 370 g/mol. The summed E-state index contributed by atoms with van der Waals surface area (Å²) in [7, 11) is 0. The van der Waals surface area contributed by atoms with Crippen molar-refractivity contribution in [3.63, 3.8) is 0 Å². The topological polar surface area (TPSA) is 65.2 Å². The van der Waals surface area contributed by atoms with Crippen LogP contribution in [0, 0.1) is 11.3 Å². The number of likely N-dealkylation sites (tertiary alicyclic amines) is 1. The predicted octanol–water partition coefficient (Wildman–Crippen LogP) is 4.41. The Labute approximate surface area is 161 Å². The Morgan fingerprint density at radius 3 is 2.81 bits per heavy atom. The summed E-state index contributed by atoms with van der Waals surface area (Å²) < 4.78 is 0. The zero-order chi connectivity index (χ0) is 18.3. The van der Waals surface area contributed by atoms with E-state index in [1.54, 1.807) is 0 Å². The fourth-order valence-electron chi connectivity index (χ4n) is 4.11. The van der Waals surface area contributed by atoms with Crippen LogP contribution in [0.5, 0.6) is 0 Å². The van der Waals surface area contributed by atoms with Crippen molar-refractivity contribution in [2.75, 3.05) is 25.0 Å². The van der Waals surface area contributed by atoms with Crippen LogP contribution in [0.4, 0.5) is 5.69 Å². The number of fused-ring (bicyclic) bond motifs is 1. The monoisotopic (exact) mass is 369 g/mol. The number of nitrogens with zero attached hydrogens (tertiary/aromatic N) is 1. The summed E-state index contributed by atoms with van der Waals surface area (Å²) in [6.45, 7) is 6.78. The number of anilines is 1. The van der Waals surface area contributed by atoms with Gasteiger partial charge in [-0.1, -0.05) is 21.3 Å². The molecule has 0 spiro atoms. The van der Waals surface area contributed by atoms with Gasteiger partial charge in [-0.15, -0.1) is 0 Å². The highest BCUT2D eigenvalue weighted by Crippen LogP contribution is 2.41. The van der Waals surface area contributed by atoms with E-state index in [0.717, 1.165) is 43.5 Å². The van der Waals surface area contributed by atoms with Crippen molar-refractivity contribution in [2.24, 2.45) is 11.3 Å². The second-order valence-corrected chi connectivity index (χ2v) is 8.61. The molecule has 0 bridgehead atoms. The number of nitrogens with one attached hydrogen (secondary N) is 2. The lowest BCUT2D eigenvalue weighted by atomic mass is 9.84. The van der Waals surface area contributed by atoms with Crippen LogP contribution in [-0.2, 0) is 4.79 Å². The van der Waals surface area contributed by atoms with E-state index in [2.05, 4.69) is 29.0 Å². The van der Waals surface area contributed by atoms with Crippen molar-refractivity contribution in [1.82, 2.24) is 9.88 Å². The molecule has 2 fully saturated rings. The first-order valence-electron chi connectivity index (χ1n) is 9.59. The van der Waals surface area contributed by atoms with E-state index in [0.29, 0.717) is 17.8 Å². The number of Topliss-reactive ketones (excluding diaryl/α,β-unsaturated/α-hetero) is 1. The molecule has 1 saturated heterocycles. The third-order valence-corrected chi connectivity index (χ3v) is 5.56. The quantitative estimate of drug-likeness (QED) is 0.767. The molecule has 1 saturated carbocycles. The van der Waals surface area contributed by atoms with Gasteiger partial charge < -0.3 is 10.3 Å². The van der Waals surface area contributed by atoms with Crippen molar-refractivity contribution in [1.29, 1.82) is 0 Å². The Bertz CT molecular complexity index is 804. The van der Waals surface area contributed by atoms with E-state index < -0.39 is 0 Å². The summed E-state index contributed by atoms with van der Waals surface area (Å²) in [5.74, 6) is 0.258. The largest absolute Gasteiger partial charge is 0.367 e. The lowest BCUT2D eigenvalue weighted by Crippen LogP contribution is -2.43. The molecule has 5 nitrogen and oxygen atoms in total. The van der Waals surface area contributed by atoms with E-state index in [1.165, 1.54) is 6.42 Å². The van der Waals surface area contributed by atoms with Crippen LogP contribution in [-0.4, -0.2) is 41.2 Å². The first-order valence-corrected chi connectivity index (χ1v) is 9.59.